The predicted octanol–water partition coefficient (Wildman–Crippen LogP) is 8.20. The first kappa shape index (κ1) is 39.3. The molecule has 1 aromatic heterocycles. The van der Waals surface area contributed by atoms with Crippen molar-refractivity contribution < 1.29 is 9.59 Å². The van der Waals surface area contributed by atoms with Crippen LogP contribution in [0.1, 0.15) is 130 Å². The number of hydrogen-bond donors (Lipinski definition) is 0. The molecule has 0 radical (unpaired) electrons. The van der Waals surface area contributed by atoms with Crippen molar-refractivity contribution in [1.29, 1.82) is 0 Å². The van der Waals surface area contributed by atoms with E-state index in [1.54, 1.807) is 14.1 Å². The first-order valence-corrected chi connectivity index (χ1v) is 17.6. The number of benzene rings is 2. The molecule has 0 spiro atoms. The molecule has 1 heterocycles. The summed E-state index contributed by atoms with van der Waals surface area (Å²) in [5.74, 6) is -1.03. The average Bonchev–Trinajstić information content (AvgIpc) is 3.07. The minimum atomic E-state index is -0.570. The van der Waals surface area contributed by atoms with Crippen molar-refractivity contribution in [2.75, 3.05) is 7.05 Å². The van der Waals surface area contributed by atoms with Gasteiger partial charge in [0.05, 0.1) is 11.3 Å². The van der Waals surface area contributed by atoms with Crippen LogP contribution >= 0.6 is 0 Å². The molecule has 0 atom stereocenters. The molecule has 0 N–H and O–H groups in total. The number of likely N-dealkylation sites (N-methyl/N-ethyl adjacent to an activating group) is 1. The van der Waals surface area contributed by atoms with Crippen LogP contribution in [0.5, 0.6) is 0 Å². The van der Waals surface area contributed by atoms with Crippen LogP contribution in [0.25, 0.3) is 11.1 Å². The third kappa shape index (κ3) is 9.36. The van der Waals surface area contributed by atoms with Gasteiger partial charge in [0, 0.05) is 25.4 Å². The van der Waals surface area contributed by atoms with Crippen molar-refractivity contribution in [2.24, 2.45) is 12.1 Å². The highest BCUT2D eigenvalue weighted by atomic mass is 16.2. The van der Waals surface area contributed by atoms with Crippen LogP contribution in [-0.4, -0.2) is 39.2 Å². The molecule has 1 amide bonds. The van der Waals surface area contributed by atoms with Crippen LogP contribution in [0.4, 0.5) is 0 Å². The van der Waals surface area contributed by atoms with E-state index in [1.165, 1.54) is 31.9 Å². The smallest absolute Gasteiger partial charge is 0.283 e. The van der Waals surface area contributed by atoms with Gasteiger partial charge in [-0.1, -0.05) is 86.1 Å². The lowest BCUT2D eigenvalue weighted by Crippen LogP contribution is -2.31. The molecule has 2 aromatic carbocycles. The first-order chi connectivity index (χ1) is 22.4. The van der Waals surface area contributed by atoms with Gasteiger partial charge in [-0.2, -0.15) is 10.2 Å². The Bertz CT molecular complexity index is 1600. The number of rotatable bonds is 13. The molecule has 7 heteroatoms. The number of Topliss-reactive ketones (excluding diaryl/α,β-unsaturated/α-hetero) is 1. The number of hydrogen-bond acceptors (Lipinski definition) is 5. The summed E-state index contributed by atoms with van der Waals surface area (Å²) in [6.07, 6.45) is 7.88. The largest absolute Gasteiger partial charge is 0.314 e. The van der Waals surface area contributed by atoms with Gasteiger partial charge in [0.1, 0.15) is 0 Å². The molecule has 0 aliphatic carbocycles. The van der Waals surface area contributed by atoms with Crippen molar-refractivity contribution in [1.82, 2.24) is 14.8 Å². The Balaban J connectivity index is 0.000000327. The molecule has 0 saturated carbocycles. The summed E-state index contributed by atoms with van der Waals surface area (Å²) in [5, 5.41) is 9.80. The van der Waals surface area contributed by atoms with Crippen LogP contribution in [0.15, 0.2) is 34.2 Å². The Morgan fingerprint density at radius 2 is 1.21 bits per heavy atom. The fourth-order valence-electron chi connectivity index (χ4n) is 6.28. The number of amides is 1. The maximum atomic E-state index is 12.9. The van der Waals surface area contributed by atoms with Gasteiger partial charge in [-0.3, -0.25) is 14.4 Å². The quantitative estimate of drug-likeness (QED) is 0.0814. The highest BCUT2D eigenvalue weighted by molar-refractivity contribution is 6.43. The molecule has 3 aromatic rings. The van der Waals surface area contributed by atoms with Crippen LogP contribution in [0.2, 0.25) is 0 Å². The monoisotopic (exact) mass is 642 g/mol. The molecule has 3 rings (SSSR count). The van der Waals surface area contributed by atoms with E-state index in [-0.39, 0.29) is 5.56 Å². The topological polar surface area (TPSA) is 84.6 Å². The SMILES string of the molecule is CCCC(C)=NN(C)C(=O)C(=O)c1c(CC)cc(CC)cc1CC.CCc1cc(CC)c(-c2c(CC)c(C)nn(C)c2=O)c(CC)c1. The van der Waals surface area contributed by atoms with E-state index in [1.807, 2.05) is 39.8 Å². The number of aromatic nitrogens is 2. The molecule has 7 nitrogen and oxygen atoms in total. The lowest BCUT2D eigenvalue weighted by molar-refractivity contribution is -0.125. The van der Waals surface area contributed by atoms with E-state index in [4.69, 9.17) is 0 Å². The van der Waals surface area contributed by atoms with Crippen molar-refractivity contribution in [3.05, 3.63) is 84.8 Å². The average molecular weight is 643 g/mol. The zero-order valence-corrected chi connectivity index (χ0v) is 31.2. The van der Waals surface area contributed by atoms with Crippen LogP contribution < -0.4 is 5.56 Å². The Morgan fingerprint density at radius 3 is 1.62 bits per heavy atom. The summed E-state index contributed by atoms with van der Waals surface area (Å²) in [5.41, 5.74) is 12.5. The van der Waals surface area contributed by atoms with Crippen molar-refractivity contribution in [3.63, 3.8) is 0 Å². The Kier molecular flexibility index (Phi) is 15.4. The number of carbonyl (C=O) groups excluding carboxylic acids is 2. The van der Waals surface area contributed by atoms with Gasteiger partial charge in [-0.05, 0) is 110 Å². The molecule has 0 aliphatic heterocycles. The molecular weight excluding hydrogens is 584 g/mol. The standard InChI is InChI=1S/C20H30N2O2.C20H28N2O/c1-7-11-14(5)21-22(6)20(24)19(23)18-16(9-3)12-15(8-2)13-17(18)10-4;1-7-14-11-15(8-2)18(16(9-3)12-14)19-17(10-4)13(5)21-22(6)20(19)23/h12-13H,7-11H2,1-6H3;11-12H,7-10H2,1-6H3. The minimum absolute atomic E-state index is 0.0149. The third-order valence-electron chi connectivity index (χ3n) is 8.86. The molecular formula is C40H58N4O3. The molecule has 0 saturated heterocycles. The number of aryl methyl sites for hydroxylation is 8. The van der Waals surface area contributed by atoms with E-state index >= 15 is 0 Å². The normalized spacial score (nSPS) is 11.3. The van der Waals surface area contributed by atoms with Gasteiger partial charge in [-0.15, -0.1) is 0 Å². The molecule has 0 unspecified atom stereocenters. The van der Waals surface area contributed by atoms with E-state index in [2.05, 4.69) is 63.9 Å². The van der Waals surface area contributed by atoms with Gasteiger partial charge in [0.2, 0.25) is 0 Å². The van der Waals surface area contributed by atoms with Gasteiger partial charge in [0.15, 0.2) is 0 Å². The third-order valence-corrected chi connectivity index (χ3v) is 8.86. The predicted molar refractivity (Wildman–Crippen MR) is 197 cm³/mol. The minimum Gasteiger partial charge on any atom is -0.283 e. The summed E-state index contributed by atoms with van der Waals surface area (Å²) >= 11 is 0. The summed E-state index contributed by atoms with van der Waals surface area (Å²) in [7, 11) is 3.30. The first-order valence-electron chi connectivity index (χ1n) is 17.6. The second-order valence-electron chi connectivity index (χ2n) is 12.2. The Hall–Kier alpha value is -3.87. The highest BCUT2D eigenvalue weighted by Crippen LogP contribution is 2.32. The van der Waals surface area contributed by atoms with Gasteiger partial charge in [-0.25, -0.2) is 9.69 Å². The Morgan fingerprint density at radius 1 is 0.745 bits per heavy atom. The summed E-state index contributed by atoms with van der Waals surface area (Å²) < 4.78 is 1.48. The van der Waals surface area contributed by atoms with E-state index in [0.717, 1.165) is 97.0 Å². The fraction of sp³-hybridized carbons (Fsp3) is 0.525. The lowest BCUT2D eigenvalue weighted by Gasteiger charge is -2.19. The molecule has 0 fully saturated rings. The van der Waals surface area contributed by atoms with Gasteiger partial charge < -0.3 is 0 Å². The highest BCUT2D eigenvalue weighted by Gasteiger charge is 2.26. The number of carbonyl (C=O) groups is 2. The molecule has 0 aliphatic rings. The number of nitrogens with zero attached hydrogens (tertiary/aromatic N) is 4. The zero-order chi connectivity index (χ0) is 35.4. The van der Waals surface area contributed by atoms with E-state index in [0.29, 0.717) is 5.56 Å². The van der Waals surface area contributed by atoms with Gasteiger partial charge in [0.25, 0.3) is 11.3 Å². The fourth-order valence-corrected chi connectivity index (χ4v) is 6.28. The number of hydrazone groups is 1. The van der Waals surface area contributed by atoms with Crippen LogP contribution in [-0.2, 0) is 56.8 Å². The van der Waals surface area contributed by atoms with Crippen molar-refractivity contribution >= 4 is 17.4 Å². The van der Waals surface area contributed by atoms with Crippen molar-refractivity contribution in [3.8, 4) is 11.1 Å². The molecule has 0 bridgehead atoms. The Labute approximate surface area is 283 Å². The van der Waals surface area contributed by atoms with E-state index < -0.39 is 11.7 Å². The summed E-state index contributed by atoms with van der Waals surface area (Å²) in [6, 6.07) is 8.63. The summed E-state index contributed by atoms with van der Waals surface area (Å²) in [6.45, 7) is 20.7. The van der Waals surface area contributed by atoms with Gasteiger partial charge >= 0.3 is 5.91 Å². The summed E-state index contributed by atoms with van der Waals surface area (Å²) in [4.78, 5) is 38.3. The maximum Gasteiger partial charge on any atom is 0.314 e. The maximum absolute atomic E-state index is 12.9. The lowest BCUT2D eigenvalue weighted by atomic mass is 9.87. The number of ketones is 1. The van der Waals surface area contributed by atoms with E-state index in [9.17, 15) is 14.4 Å². The second-order valence-corrected chi connectivity index (χ2v) is 12.2. The van der Waals surface area contributed by atoms with Crippen LogP contribution in [0, 0.1) is 6.92 Å². The second kappa shape index (κ2) is 18.5. The molecule has 256 valence electrons. The van der Waals surface area contributed by atoms with Crippen LogP contribution in [0.3, 0.4) is 0 Å². The molecule has 47 heavy (non-hydrogen) atoms. The zero-order valence-electron chi connectivity index (χ0n) is 31.2. The van der Waals surface area contributed by atoms with Crippen molar-refractivity contribution in [2.45, 2.75) is 127 Å².